The van der Waals surface area contributed by atoms with Gasteiger partial charge in [-0.15, -0.1) is 0 Å². The highest BCUT2D eigenvalue weighted by Gasteiger charge is 2.20. The lowest BCUT2D eigenvalue weighted by atomic mass is 10.1. The van der Waals surface area contributed by atoms with E-state index in [0.29, 0.717) is 5.56 Å². The molecule has 0 heterocycles. The molecule has 92 valence electrons. The number of methoxy groups -OCH3 is 1. The van der Waals surface area contributed by atoms with E-state index >= 15 is 0 Å². The van der Waals surface area contributed by atoms with Crippen molar-refractivity contribution in [3.05, 3.63) is 23.3 Å². The molecule has 5 nitrogen and oxygen atoms in total. The average Bonchev–Trinajstić information content (AvgIpc) is 2.27. The van der Waals surface area contributed by atoms with E-state index in [1.54, 1.807) is 13.8 Å². The van der Waals surface area contributed by atoms with Crippen molar-refractivity contribution in [3.8, 4) is 11.5 Å². The molecule has 0 aliphatic rings. The second-order valence-electron chi connectivity index (χ2n) is 3.40. The third-order valence-electron chi connectivity index (χ3n) is 2.18. The van der Waals surface area contributed by atoms with Crippen LogP contribution in [0.3, 0.4) is 0 Å². The molecule has 0 aliphatic heterocycles. The molecule has 0 unspecified atom stereocenters. The fourth-order valence-corrected chi connectivity index (χ4v) is 1.47. The highest BCUT2D eigenvalue weighted by atomic mass is 16.5. The number of hydrogen-bond acceptors (Lipinski definition) is 5. The van der Waals surface area contributed by atoms with Crippen molar-refractivity contribution in [2.45, 2.75) is 13.8 Å². The first kappa shape index (κ1) is 13.0. The summed E-state index contributed by atoms with van der Waals surface area (Å²) in [5.74, 6) is -1.62. The van der Waals surface area contributed by atoms with Gasteiger partial charge in [0.05, 0.1) is 13.7 Å². The van der Waals surface area contributed by atoms with Crippen LogP contribution in [-0.2, 0) is 9.53 Å². The maximum atomic E-state index is 11.6. The maximum Gasteiger partial charge on any atom is 0.379 e. The molecular formula is C12H14O5. The highest BCUT2D eigenvalue weighted by Crippen LogP contribution is 2.31. The molecule has 0 aromatic heterocycles. The number of carbonyl (C=O) groups excluding carboxylic acids is 2. The minimum atomic E-state index is -0.934. The first-order valence-corrected chi connectivity index (χ1v) is 5.10. The SMILES string of the molecule is CCOC(=O)C(=O)c1cc(C)c(OC)c(O)c1. The van der Waals surface area contributed by atoms with E-state index in [9.17, 15) is 14.7 Å². The van der Waals surface area contributed by atoms with Crippen LogP contribution in [0.25, 0.3) is 0 Å². The number of Topliss-reactive ketones (excluding diaryl/α,β-unsaturated/α-hetero) is 1. The van der Waals surface area contributed by atoms with Gasteiger partial charge in [-0.1, -0.05) is 0 Å². The number of rotatable bonds is 4. The summed E-state index contributed by atoms with van der Waals surface area (Å²) in [4.78, 5) is 22.8. The van der Waals surface area contributed by atoms with Crippen molar-refractivity contribution in [1.82, 2.24) is 0 Å². The molecule has 0 bridgehead atoms. The monoisotopic (exact) mass is 238 g/mol. The first-order chi connectivity index (χ1) is 8.01. The van der Waals surface area contributed by atoms with Crippen molar-refractivity contribution >= 4 is 11.8 Å². The zero-order chi connectivity index (χ0) is 13.0. The zero-order valence-electron chi connectivity index (χ0n) is 9.94. The van der Waals surface area contributed by atoms with Gasteiger partial charge in [0.15, 0.2) is 11.5 Å². The lowest BCUT2D eigenvalue weighted by Crippen LogP contribution is -2.17. The van der Waals surface area contributed by atoms with Crippen LogP contribution in [0.4, 0.5) is 0 Å². The van der Waals surface area contributed by atoms with Crippen molar-refractivity contribution in [2.24, 2.45) is 0 Å². The summed E-state index contributed by atoms with van der Waals surface area (Å²) in [6, 6.07) is 2.66. The Morgan fingerprint density at radius 1 is 1.35 bits per heavy atom. The van der Waals surface area contributed by atoms with Crippen molar-refractivity contribution in [3.63, 3.8) is 0 Å². The number of benzene rings is 1. The molecule has 0 amide bonds. The molecule has 0 aliphatic carbocycles. The Morgan fingerprint density at radius 2 is 2.00 bits per heavy atom. The largest absolute Gasteiger partial charge is 0.504 e. The second-order valence-corrected chi connectivity index (χ2v) is 3.40. The number of aromatic hydroxyl groups is 1. The normalized spacial score (nSPS) is 9.82. The van der Waals surface area contributed by atoms with Gasteiger partial charge in [-0.2, -0.15) is 0 Å². The van der Waals surface area contributed by atoms with Crippen LogP contribution in [0.2, 0.25) is 0 Å². The van der Waals surface area contributed by atoms with Gasteiger partial charge < -0.3 is 14.6 Å². The summed E-state index contributed by atoms with van der Waals surface area (Å²) in [6.45, 7) is 3.41. The van der Waals surface area contributed by atoms with E-state index in [1.165, 1.54) is 19.2 Å². The molecule has 1 N–H and O–H groups in total. The van der Waals surface area contributed by atoms with Crippen LogP contribution < -0.4 is 4.74 Å². The molecular weight excluding hydrogens is 224 g/mol. The number of esters is 1. The van der Waals surface area contributed by atoms with Gasteiger partial charge in [-0.05, 0) is 31.5 Å². The number of ether oxygens (including phenoxy) is 2. The summed E-state index contributed by atoms with van der Waals surface area (Å²) in [7, 11) is 1.41. The fraction of sp³-hybridized carbons (Fsp3) is 0.333. The van der Waals surface area contributed by atoms with Gasteiger partial charge in [-0.3, -0.25) is 4.79 Å². The predicted molar refractivity (Wildman–Crippen MR) is 60.4 cm³/mol. The fourth-order valence-electron chi connectivity index (χ4n) is 1.47. The number of ketones is 1. The van der Waals surface area contributed by atoms with Gasteiger partial charge in [0, 0.05) is 5.56 Å². The first-order valence-electron chi connectivity index (χ1n) is 5.10. The third-order valence-corrected chi connectivity index (χ3v) is 2.18. The van der Waals surface area contributed by atoms with Crippen LogP contribution in [-0.4, -0.2) is 30.6 Å². The Labute approximate surface area is 99.0 Å². The van der Waals surface area contributed by atoms with E-state index in [0.717, 1.165) is 0 Å². The van der Waals surface area contributed by atoms with Crippen molar-refractivity contribution < 1.29 is 24.2 Å². The predicted octanol–water partition coefficient (Wildman–Crippen LogP) is 1.46. The molecule has 1 aromatic rings. The lowest BCUT2D eigenvalue weighted by Gasteiger charge is -2.09. The quantitative estimate of drug-likeness (QED) is 0.488. The van der Waals surface area contributed by atoms with Crippen LogP contribution in [0.15, 0.2) is 12.1 Å². The number of phenols is 1. The topological polar surface area (TPSA) is 72.8 Å². The number of aryl methyl sites for hydroxylation is 1. The van der Waals surface area contributed by atoms with Gasteiger partial charge in [0.2, 0.25) is 0 Å². The molecule has 0 radical (unpaired) electrons. The van der Waals surface area contributed by atoms with Crippen LogP contribution in [0.5, 0.6) is 11.5 Å². The molecule has 0 atom stereocenters. The average molecular weight is 238 g/mol. The molecule has 1 rings (SSSR count). The zero-order valence-corrected chi connectivity index (χ0v) is 9.94. The Balaban J connectivity index is 3.08. The minimum absolute atomic E-state index is 0.0826. The Morgan fingerprint density at radius 3 is 2.47 bits per heavy atom. The Hall–Kier alpha value is -2.04. The van der Waals surface area contributed by atoms with Crippen LogP contribution in [0, 0.1) is 6.92 Å². The van der Waals surface area contributed by atoms with Crippen molar-refractivity contribution in [2.75, 3.05) is 13.7 Å². The summed E-state index contributed by atoms with van der Waals surface area (Å²) in [6.07, 6.45) is 0. The number of hydrogen-bond donors (Lipinski definition) is 1. The molecule has 17 heavy (non-hydrogen) atoms. The Bertz CT molecular complexity index is 427. The van der Waals surface area contributed by atoms with Crippen LogP contribution in [0.1, 0.15) is 22.8 Å². The van der Waals surface area contributed by atoms with Crippen molar-refractivity contribution in [1.29, 1.82) is 0 Å². The van der Waals surface area contributed by atoms with E-state index in [2.05, 4.69) is 4.74 Å². The van der Waals surface area contributed by atoms with Crippen LogP contribution >= 0.6 is 0 Å². The van der Waals surface area contributed by atoms with E-state index in [-0.39, 0.29) is 23.7 Å². The minimum Gasteiger partial charge on any atom is -0.504 e. The van der Waals surface area contributed by atoms with Gasteiger partial charge in [-0.25, -0.2) is 4.79 Å². The van der Waals surface area contributed by atoms with E-state index in [1.807, 2.05) is 0 Å². The second kappa shape index (κ2) is 5.34. The smallest absolute Gasteiger partial charge is 0.379 e. The molecule has 0 spiro atoms. The third kappa shape index (κ3) is 2.75. The number of carbonyl (C=O) groups is 2. The standard InChI is InChI=1S/C12H14O5/c1-4-17-12(15)10(14)8-5-7(2)11(16-3)9(13)6-8/h5-6,13H,4H2,1-3H3. The molecule has 0 saturated heterocycles. The summed E-state index contributed by atoms with van der Waals surface area (Å²) < 4.78 is 9.53. The highest BCUT2D eigenvalue weighted by molar-refractivity contribution is 6.40. The number of phenolic OH excluding ortho intramolecular Hbond substituents is 1. The maximum absolute atomic E-state index is 11.6. The summed E-state index contributed by atoms with van der Waals surface area (Å²) >= 11 is 0. The molecule has 1 aromatic carbocycles. The molecule has 5 heteroatoms. The molecule has 0 fully saturated rings. The summed E-state index contributed by atoms with van der Waals surface area (Å²) in [5, 5.41) is 9.60. The lowest BCUT2D eigenvalue weighted by molar-refractivity contribution is -0.137. The summed E-state index contributed by atoms with van der Waals surface area (Å²) in [5.41, 5.74) is 0.652. The van der Waals surface area contributed by atoms with Gasteiger partial charge >= 0.3 is 5.97 Å². The van der Waals surface area contributed by atoms with E-state index in [4.69, 9.17) is 4.74 Å². The van der Waals surface area contributed by atoms with E-state index < -0.39 is 11.8 Å². The van der Waals surface area contributed by atoms with Gasteiger partial charge in [0.1, 0.15) is 0 Å². The Kier molecular flexibility index (Phi) is 4.09. The molecule has 0 saturated carbocycles. The van der Waals surface area contributed by atoms with Gasteiger partial charge in [0.25, 0.3) is 5.78 Å².